The van der Waals surface area contributed by atoms with Gasteiger partial charge in [-0.3, -0.25) is 0 Å². The van der Waals surface area contributed by atoms with Crippen molar-refractivity contribution in [2.24, 2.45) is 0 Å². The third kappa shape index (κ3) is 2.25. The highest BCUT2D eigenvalue weighted by Gasteiger charge is 2.36. The molecule has 0 bridgehead atoms. The van der Waals surface area contributed by atoms with Gasteiger partial charge in [0, 0.05) is 18.7 Å². The summed E-state index contributed by atoms with van der Waals surface area (Å²) in [7, 11) is 1.77. The molecule has 0 unspecified atom stereocenters. The highest BCUT2D eigenvalue weighted by atomic mass is 35.5. The molecule has 1 aliphatic rings. The van der Waals surface area contributed by atoms with Crippen molar-refractivity contribution in [3.05, 3.63) is 23.2 Å². The number of rotatable bonds is 4. The number of nitrogen functional groups attached to an aromatic ring is 1. The van der Waals surface area contributed by atoms with E-state index < -0.39 is 0 Å². The van der Waals surface area contributed by atoms with Crippen molar-refractivity contribution in [2.45, 2.75) is 24.9 Å². The normalized spacial score (nSPS) is 17.9. The summed E-state index contributed by atoms with van der Waals surface area (Å²) in [5, 5.41) is 3.99. The zero-order valence-electron chi connectivity index (χ0n) is 9.42. The minimum atomic E-state index is 0.00603. The van der Waals surface area contributed by atoms with Crippen molar-refractivity contribution in [1.29, 1.82) is 0 Å². The largest absolute Gasteiger partial charge is 0.397 e. The first kappa shape index (κ1) is 11.6. The lowest BCUT2D eigenvalue weighted by atomic mass is 9.80. The summed E-state index contributed by atoms with van der Waals surface area (Å²) in [5.74, 6) is 0. The van der Waals surface area contributed by atoms with Crippen LogP contribution < -0.4 is 11.1 Å². The van der Waals surface area contributed by atoms with Gasteiger partial charge < -0.3 is 15.8 Å². The van der Waals surface area contributed by atoms with Crippen LogP contribution in [0.4, 0.5) is 11.4 Å². The van der Waals surface area contributed by atoms with Gasteiger partial charge in [0.25, 0.3) is 0 Å². The van der Waals surface area contributed by atoms with Gasteiger partial charge in [0.15, 0.2) is 0 Å². The molecule has 0 atom stereocenters. The molecule has 3 nitrogen and oxygen atoms in total. The van der Waals surface area contributed by atoms with Crippen molar-refractivity contribution in [3.8, 4) is 0 Å². The Balaban J connectivity index is 1.99. The fraction of sp³-hybridized carbons (Fsp3) is 0.500. The number of methoxy groups -OCH3 is 1. The second kappa shape index (κ2) is 4.52. The summed E-state index contributed by atoms with van der Waals surface area (Å²) >= 11 is 5.84. The number of halogens is 1. The molecule has 0 aliphatic heterocycles. The van der Waals surface area contributed by atoms with E-state index >= 15 is 0 Å². The van der Waals surface area contributed by atoms with Gasteiger partial charge in [0.2, 0.25) is 0 Å². The van der Waals surface area contributed by atoms with Crippen LogP contribution in [0.25, 0.3) is 0 Å². The third-order valence-corrected chi connectivity index (χ3v) is 3.55. The molecule has 0 saturated heterocycles. The van der Waals surface area contributed by atoms with E-state index in [1.807, 2.05) is 12.1 Å². The van der Waals surface area contributed by atoms with Crippen LogP contribution in [0.2, 0.25) is 5.02 Å². The molecule has 1 saturated carbocycles. The molecule has 0 heterocycles. The Morgan fingerprint density at radius 2 is 2.25 bits per heavy atom. The van der Waals surface area contributed by atoms with Crippen molar-refractivity contribution in [1.82, 2.24) is 0 Å². The van der Waals surface area contributed by atoms with Gasteiger partial charge in [0.05, 0.1) is 17.0 Å². The number of nitrogens with two attached hydrogens (primary N) is 1. The van der Waals surface area contributed by atoms with Crippen molar-refractivity contribution in [3.63, 3.8) is 0 Å². The maximum absolute atomic E-state index is 5.86. The average molecular weight is 241 g/mol. The smallest absolute Gasteiger partial charge is 0.0850 e. The summed E-state index contributed by atoms with van der Waals surface area (Å²) in [6, 6.07) is 5.49. The van der Waals surface area contributed by atoms with Crippen molar-refractivity contribution in [2.75, 3.05) is 24.7 Å². The minimum absolute atomic E-state index is 0.00603. The molecule has 0 radical (unpaired) electrons. The van der Waals surface area contributed by atoms with Gasteiger partial charge in [-0.05, 0) is 37.5 Å². The van der Waals surface area contributed by atoms with Gasteiger partial charge >= 0.3 is 0 Å². The van der Waals surface area contributed by atoms with E-state index in [4.69, 9.17) is 22.1 Å². The first-order chi connectivity index (χ1) is 7.65. The lowest BCUT2D eigenvalue weighted by Crippen LogP contribution is -2.45. The van der Waals surface area contributed by atoms with Gasteiger partial charge in [-0.1, -0.05) is 11.6 Å². The molecule has 0 aromatic heterocycles. The maximum atomic E-state index is 5.86. The number of hydrogen-bond donors (Lipinski definition) is 2. The van der Waals surface area contributed by atoms with Crippen LogP contribution in [0.15, 0.2) is 18.2 Å². The Kier molecular flexibility index (Phi) is 3.26. The van der Waals surface area contributed by atoms with Crippen LogP contribution in [0, 0.1) is 0 Å². The minimum Gasteiger partial charge on any atom is -0.397 e. The summed E-state index contributed by atoms with van der Waals surface area (Å²) < 4.78 is 5.53. The summed E-state index contributed by atoms with van der Waals surface area (Å²) in [4.78, 5) is 0. The van der Waals surface area contributed by atoms with E-state index in [0.717, 1.165) is 25.1 Å². The molecule has 0 amide bonds. The quantitative estimate of drug-likeness (QED) is 0.796. The summed E-state index contributed by atoms with van der Waals surface area (Å²) in [5.41, 5.74) is 7.47. The average Bonchev–Trinajstić information content (AvgIpc) is 2.19. The molecule has 1 aromatic carbocycles. The standard InChI is InChI=1S/C12H17ClN2O/c1-16-12(5-2-6-12)8-15-11-4-3-9(13)7-10(11)14/h3-4,7,15H,2,5-6,8,14H2,1H3. The number of benzene rings is 1. The Morgan fingerprint density at radius 1 is 1.50 bits per heavy atom. The van der Waals surface area contributed by atoms with E-state index in [2.05, 4.69) is 5.32 Å². The number of ether oxygens (including phenoxy) is 1. The van der Waals surface area contributed by atoms with E-state index in [1.54, 1.807) is 13.2 Å². The molecule has 1 aromatic rings. The van der Waals surface area contributed by atoms with E-state index in [9.17, 15) is 0 Å². The second-order valence-electron chi connectivity index (χ2n) is 4.33. The van der Waals surface area contributed by atoms with Crippen LogP contribution in [-0.2, 0) is 4.74 Å². The van der Waals surface area contributed by atoms with Gasteiger partial charge in [-0.15, -0.1) is 0 Å². The fourth-order valence-electron chi connectivity index (χ4n) is 1.98. The predicted octanol–water partition coefficient (Wildman–Crippen LogP) is 2.90. The highest BCUT2D eigenvalue weighted by Crippen LogP contribution is 2.35. The number of hydrogen-bond acceptors (Lipinski definition) is 3. The summed E-state index contributed by atoms with van der Waals surface area (Å²) in [6.45, 7) is 0.801. The number of nitrogens with one attached hydrogen (secondary N) is 1. The lowest BCUT2D eigenvalue weighted by molar-refractivity contribution is -0.0601. The Bertz CT molecular complexity index is 372. The zero-order chi connectivity index (χ0) is 11.6. The molecule has 1 fully saturated rings. The highest BCUT2D eigenvalue weighted by molar-refractivity contribution is 6.31. The molecule has 4 heteroatoms. The molecule has 88 valence electrons. The van der Waals surface area contributed by atoms with Crippen molar-refractivity contribution >= 4 is 23.0 Å². The first-order valence-corrected chi connectivity index (χ1v) is 5.87. The van der Waals surface area contributed by atoms with E-state index in [0.29, 0.717) is 10.7 Å². The van der Waals surface area contributed by atoms with Crippen LogP contribution in [0.5, 0.6) is 0 Å². The number of anilines is 2. The Morgan fingerprint density at radius 3 is 2.75 bits per heavy atom. The molecule has 0 spiro atoms. The summed E-state index contributed by atoms with van der Waals surface area (Å²) in [6.07, 6.45) is 3.47. The Hall–Kier alpha value is -0.930. The maximum Gasteiger partial charge on any atom is 0.0850 e. The van der Waals surface area contributed by atoms with Crippen LogP contribution in [0.3, 0.4) is 0 Å². The predicted molar refractivity (Wildman–Crippen MR) is 67.9 cm³/mol. The van der Waals surface area contributed by atoms with Crippen molar-refractivity contribution < 1.29 is 4.74 Å². The third-order valence-electron chi connectivity index (χ3n) is 3.31. The van der Waals surface area contributed by atoms with Crippen LogP contribution in [0.1, 0.15) is 19.3 Å². The molecule has 2 rings (SSSR count). The topological polar surface area (TPSA) is 47.3 Å². The van der Waals surface area contributed by atoms with Gasteiger partial charge in [-0.2, -0.15) is 0 Å². The fourth-order valence-corrected chi connectivity index (χ4v) is 2.16. The molecule has 3 N–H and O–H groups in total. The van der Waals surface area contributed by atoms with Crippen LogP contribution in [-0.4, -0.2) is 19.3 Å². The van der Waals surface area contributed by atoms with Gasteiger partial charge in [-0.25, -0.2) is 0 Å². The first-order valence-electron chi connectivity index (χ1n) is 5.49. The van der Waals surface area contributed by atoms with E-state index in [-0.39, 0.29) is 5.60 Å². The molecule has 16 heavy (non-hydrogen) atoms. The zero-order valence-corrected chi connectivity index (χ0v) is 10.2. The van der Waals surface area contributed by atoms with E-state index in [1.165, 1.54) is 6.42 Å². The molecular weight excluding hydrogens is 224 g/mol. The SMILES string of the molecule is COC1(CNc2ccc(Cl)cc2N)CCC1. The Labute approximate surface area is 101 Å². The van der Waals surface area contributed by atoms with Crippen LogP contribution >= 0.6 is 11.6 Å². The second-order valence-corrected chi connectivity index (χ2v) is 4.76. The lowest BCUT2D eigenvalue weighted by Gasteiger charge is -2.40. The van der Waals surface area contributed by atoms with Gasteiger partial charge in [0.1, 0.15) is 0 Å². The molecule has 1 aliphatic carbocycles. The molecular formula is C12H17ClN2O. The monoisotopic (exact) mass is 240 g/mol.